The Hall–Kier alpha value is -1.28. The number of piperazine rings is 1. The first kappa shape index (κ1) is 14.8. The maximum atomic E-state index is 11.8. The first-order valence-electron chi connectivity index (χ1n) is 5.56. The number of aliphatic carboxylic acids is 1. The van der Waals surface area contributed by atoms with Crippen LogP contribution in [0.1, 0.15) is 6.42 Å². The molecule has 1 aliphatic heterocycles. The van der Waals surface area contributed by atoms with Gasteiger partial charge in [0.25, 0.3) is 0 Å². The van der Waals surface area contributed by atoms with Crippen molar-refractivity contribution < 1.29 is 19.5 Å². The van der Waals surface area contributed by atoms with Crippen LogP contribution < -0.4 is 16.0 Å². The standard InChI is InChI=1S/C10H17N3O4S/c1-18-3-2-6(10(16)17)13-9(15)7-4-12-8(14)5-11-7/h6-7,11H,2-5H2,1H3,(H,12,14)(H,13,15)(H,16,17). The number of carboxylic acid groups (broad SMARTS) is 1. The van der Waals surface area contributed by atoms with Gasteiger partial charge in [-0.1, -0.05) is 0 Å². The van der Waals surface area contributed by atoms with Gasteiger partial charge in [0.05, 0.1) is 6.54 Å². The van der Waals surface area contributed by atoms with Gasteiger partial charge in [0.1, 0.15) is 12.1 Å². The van der Waals surface area contributed by atoms with E-state index in [1.165, 1.54) is 11.8 Å². The van der Waals surface area contributed by atoms with Gasteiger partial charge in [0.2, 0.25) is 11.8 Å². The van der Waals surface area contributed by atoms with E-state index in [9.17, 15) is 14.4 Å². The average molecular weight is 275 g/mol. The van der Waals surface area contributed by atoms with Crippen molar-refractivity contribution in [2.24, 2.45) is 0 Å². The number of nitrogens with one attached hydrogen (secondary N) is 3. The lowest BCUT2D eigenvalue weighted by atomic mass is 10.1. The monoisotopic (exact) mass is 275 g/mol. The van der Waals surface area contributed by atoms with Crippen LogP contribution in [0.5, 0.6) is 0 Å². The Bertz CT molecular complexity index is 327. The Kier molecular flexibility index (Phi) is 5.93. The molecule has 0 aromatic heterocycles. The van der Waals surface area contributed by atoms with E-state index in [-0.39, 0.29) is 19.0 Å². The minimum atomic E-state index is -1.04. The number of hydrogen-bond donors (Lipinski definition) is 4. The highest BCUT2D eigenvalue weighted by Crippen LogP contribution is 2.02. The molecule has 0 spiro atoms. The molecule has 2 unspecified atom stereocenters. The summed E-state index contributed by atoms with van der Waals surface area (Å²) in [6.45, 7) is 0.250. The van der Waals surface area contributed by atoms with Crippen LogP contribution in [0, 0.1) is 0 Å². The third-order valence-corrected chi connectivity index (χ3v) is 3.20. The third-order valence-electron chi connectivity index (χ3n) is 2.55. The fraction of sp³-hybridized carbons (Fsp3) is 0.700. The molecule has 0 aliphatic carbocycles. The minimum Gasteiger partial charge on any atom is -0.480 e. The summed E-state index contributed by atoms with van der Waals surface area (Å²) in [6.07, 6.45) is 2.25. The summed E-state index contributed by atoms with van der Waals surface area (Å²) in [5.41, 5.74) is 0. The molecule has 8 heteroatoms. The molecule has 1 heterocycles. The van der Waals surface area contributed by atoms with Crippen molar-refractivity contribution in [1.82, 2.24) is 16.0 Å². The van der Waals surface area contributed by atoms with E-state index in [1.807, 2.05) is 6.26 Å². The molecule has 0 aromatic rings. The van der Waals surface area contributed by atoms with Crippen molar-refractivity contribution in [3.8, 4) is 0 Å². The quantitative estimate of drug-likeness (QED) is 0.465. The summed E-state index contributed by atoms with van der Waals surface area (Å²) in [6, 6.07) is -1.46. The number of thioether (sulfide) groups is 1. The Labute approximate surface area is 109 Å². The van der Waals surface area contributed by atoms with Gasteiger partial charge in [-0.25, -0.2) is 4.79 Å². The number of amides is 2. The van der Waals surface area contributed by atoms with Gasteiger partial charge in [-0.05, 0) is 18.4 Å². The molecular weight excluding hydrogens is 258 g/mol. The fourth-order valence-electron chi connectivity index (χ4n) is 1.52. The van der Waals surface area contributed by atoms with E-state index in [0.717, 1.165) is 0 Å². The lowest BCUT2D eigenvalue weighted by Gasteiger charge is -2.24. The number of rotatable bonds is 6. The third kappa shape index (κ3) is 4.53. The summed E-state index contributed by atoms with van der Waals surface area (Å²) in [4.78, 5) is 33.7. The second kappa shape index (κ2) is 7.22. The van der Waals surface area contributed by atoms with Crippen LogP contribution in [-0.4, -0.2) is 60.1 Å². The number of hydrogen-bond acceptors (Lipinski definition) is 5. The smallest absolute Gasteiger partial charge is 0.326 e. The van der Waals surface area contributed by atoms with E-state index in [4.69, 9.17) is 5.11 Å². The van der Waals surface area contributed by atoms with Crippen LogP contribution in [-0.2, 0) is 14.4 Å². The zero-order valence-electron chi connectivity index (χ0n) is 10.1. The van der Waals surface area contributed by atoms with Crippen LogP contribution in [0.15, 0.2) is 0 Å². The van der Waals surface area contributed by atoms with Crippen molar-refractivity contribution >= 4 is 29.5 Å². The Morgan fingerprint density at radius 2 is 2.33 bits per heavy atom. The van der Waals surface area contributed by atoms with E-state index >= 15 is 0 Å². The predicted molar refractivity (Wildman–Crippen MR) is 67.4 cm³/mol. The van der Waals surface area contributed by atoms with Crippen LogP contribution in [0.25, 0.3) is 0 Å². The first-order chi connectivity index (χ1) is 8.54. The normalized spacial score (nSPS) is 20.9. The second-order valence-corrected chi connectivity index (χ2v) is 4.90. The minimum absolute atomic E-state index is 0.0701. The van der Waals surface area contributed by atoms with Gasteiger partial charge in [-0.2, -0.15) is 11.8 Å². The molecule has 2 atom stereocenters. The Balaban J connectivity index is 2.45. The van der Waals surface area contributed by atoms with Gasteiger partial charge in [-0.15, -0.1) is 0 Å². The zero-order valence-corrected chi connectivity index (χ0v) is 10.9. The van der Waals surface area contributed by atoms with E-state index < -0.39 is 24.0 Å². The van der Waals surface area contributed by atoms with Crippen molar-refractivity contribution in [1.29, 1.82) is 0 Å². The molecule has 4 N–H and O–H groups in total. The molecular formula is C10H17N3O4S. The maximum absolute atomic E-state index is 11.8. The molecule has 1 rings (SSSR count). The van der Waals surface area contributed by atoms with Gasteiger partial charge < -0.3 is 15.7 Å². The molecule has 102 valence electrons. The van der Waals surface area contributed by atoms with Crippen LogP contribution in [0.4, 0.5) is 0 Å². The number of carbonyl (C=O) groups is 3. The van der Waals surface area contributed by atoms with Crippen molar-refractivity contribution in [2.75, 3.05) is 25.1 Å². The summed E-state index contributed by atoms with van der Waals surface area (Å²) in [5, 5.41) is 16.7. The second-order valence-electron chi connectivity index (χ2n) is 3.92. The van der Waals surface area contributed by atoms with Gasteiger partial charge in [-0.3, -0.25) is 14.9 Å². The summed E-state index contributed by atoms with van der Waals surface area (Å²) in [7, 11) is 0. The molecule has 7 nitrogen and oxygen atoms in total. The molecule has 18 heavy (non-hydrogen) atoms. The highest BCUT2D eigenvalue weighted by atomic mass is 32.2. The average Bonchev–Trinajstić information content (AvgIpc) is 2.34. The van der Waals surface area contributed by atoms with E-state index in [2.05, 4.69) is 16.0 Å². The lowest BCUT2D eigenvalue weighted by Crippen LogP contribution is -2.59. The Morgan fingerprint density at radius 3 is 2.83 bits per heavy atom. The predicted octanol–water partition coefficient (Wildman–Crippen LogP) is -1.60. The largest absolute Gasteiger partial charge is 0.480 e. The lowest BCUT2D eigenvalue weighted by molar-refractivity contribution is -0.142. The Morgan fingerprint density at radius 1 is 1.61 bits per heavy atom. The zero-order chi connectivity index (χ0) is 13.5. The molecule has 0 bridgehead atoms. The summed E-state index contributed by atoms with van der Waals surface area (Å²) in [5.74, 6) is -0.955. The van der Waals surface area contributed by atoms with E-state index in [1.54, 1.807) is 0 Å². The first-order valence-corrected chi connectivity index (χ1v) is 6.96. The van der Waals surface area contributed by atoms with Crippen molar-refractivity contribution in [3.63, 3.8) is 0 Å². The maximum Gasteiger partial charge on any atom is 0.326 e. The molecule has 1 saturated heterocycles. The van der Waals surface area contributed by atoms with E-state index in [0.29, 0.717) is 12.2 Å². The number of carboxylic acids is 1. The highest BCUT2D eigenvalue weighted by Gasteiger charge is 2.27. The van der Waals surface area contributed by atoms with Crippen LogP contribution in [0.3, 0.4) is 0 Å². The SMILES string of the molecule is CSCCC(NC(=O)C1CNC(=O)CN1)C(=O)O. The van der Waals surface area contributed by atoms with Crippen molar-refractivity contribution in [3.05, 3.63) is 0 Å². The summed E-state index contributed by atoms with van der Waals surface area (Å²) < 4.78 is 0. The van der Waals surface area contributed by atoms with Crippen LogP contribution in [0.2, 0.25) is 0 Å². The topological polar surface area (TPSA) is 108 Å². The molecule has 0 aromatic carbocycles. The van der Waals surface area contributed by atoms with Gasteiger partial charge in [0.15, 0.2) is 0 Å². The van der Waals surface area contributed by atoms with Gasteiger partial charge >= 0.3 is 5.97 Å². The molecule has 0 radical (unpaired) electrons. The van der Waals surface area contributed by atoms with Gasteiger partial charge in [0, 0.05) is 6.54 Å². The van der Waals surface area contributed by atoms with Crippen LogP contribution >= 0.6 is 11.8 Å². The number of carbonyl (C=O) groups excluding carboxylic acids is 2. The molecule has 1 aliphatic rings. The molecule has 2 amide bonds. The summed E-state index contributed by atoms with van der Waals surface area (Å²) >= 11 is 1.52. The highest BCUT2D eigenvalue weighted by molar-refractivity contribution is 7.98. The fourth-order valence-corrected chi connectivity index (χ4v) is 1.99. The molecule has 0 saturated carbocycles. The van der Waals surface area contributed by atoms with Crippen molar-refractivity contribution in [2.45, 2.75) is 18.5 Å². The molecule has 1 fully saturated rings.